The Balaban J connectivity index is 0. The third kappa shape index (κ3) is 22.5. The lowest BCUT2D eigenvalue weighted by Gasteiger charge is -1.74. The van der Waals surface area contributed by atoms with Crippen molar-refractivity contribution >= 4 is 24.1 Å². The minimum Gasteiger partial charge on any atom is -0.348 e. The zero-order valence-electron chi connectivity index (χ0n) is 7.73. The third-order valence-electron chi connectivity index (χ3n) is 0.494. The second kappa shape index (κ2) is 8.67. The molecule has 0 aromatic rings. The summed E-state index contributed by atoms with van der Waals surface area (Å²) >= 11 is 0. The quantitative estimate of drug-likeness (QED) is 0.393. The summed E-state index contributed by atoms with van der Waals surface area (Å²) in [5.41, 5.74) is 17.7. The molecule has 0 saturated carbocycles. The van der Waals surface area contributed by atoms with Gasteiger partial charge in [0.05, 0.1) is 0 Å². The fraction of sp³-hybridized carbons (Fsp3) is 0. The first-order valence-electron chi connectivity index (χ1n) is 3.27. The van der Waals surface area contributed by atoms with Crippen molar-refractivity contribution in [1.82, 2.24) is 0 Å². The number of azo groups is 2. The number of hydrogen-bond donors (Lipinski definition) is 4. The van der Waals surface area contributed by atoms with Crippen molar-refractivity contribution in [1.29, 1.82) is 0 Å². The molecule has 0 unspecified atom stereocenters. The summed E-state index contributed by atoms with van der Waals surface area (Å²) in [6, 6.07) is -4.15. The van der Waals surface area contributed by atoms with Crippen LogP contribution in [-0.4, -0.2) is 24.1 Å². The summed E-state index contributed by atoms with van der Waals surface area (Å²) in [6.07, 6.45) is 0. The monoisotopic (exact) mass is 232 g/mol. The summed E-state index contributed by atoms with van der Waals surface area (Å²) in [4.78, 5) is 38.6. The molecule has 0 heterocycles. The third-order valence-corrected chi connectivity index (χ3v) is 0.494. The highest BCUT2D eigenvalue weighted by molar-refractivity contribution is 5.77. The van der Waals surface area contributed by atoms with Gasteiger partial charge in [-0.1, -0.05) is 20.5 Å². The Hall–Kier alpha value is -2.92. The van der Waals surface area contributed by atoms with Gasteiger partial charge in [0.1, 0.15) is 0 Å². The van der Waals surface area contributed by atoms with Gasteiger partial charge in [-0.05, 0) is 0 Å². The van der Waals surface area contributed by atoms with Gasteiger partial charge < -0.3 is 22.9 Å². The Morgan fingerprint density at radius 2 is 0.625 bits per heavy atom. The van der Waals surface area contributed by atoms with Crippen LogP contribution >= 0.6 is 0 Å². The Kier molecular flexibility index (Phi) is 8.42. The van der Waals surface area contributed by atoms with Crippen molar-refractivity contribution < 1.29 is 19.2 Å². The number of nitrogens with two attached hydrogens (primary N) is 4. The Labute approximate surface area is 87.7 Å². The number of carbonyl (C=O) groups is 4. The number of primary amides is 4. The molecule has 0 atom stereocenters. The smallest absolute Gasteiger partial charge is 0.348 e. The van der Waals surface area contributed by atoms with E-state index in [-0.39, 0.29) is 0 Å². The number of rotatable bonds is 0. The number of urea groups is 4. The standard InChI is InChI=1S/2C2H4N4O2/c2*3-1(7)5-6-2(4)8/h2*(H2,3,7)(H2,4,8). The molecule has 0 aromatic carbocycles. The first-order valence-corrected chi connectivity index (χ1v) is 3.27. The molecular weight excluding hydrogens is 224 g/mol. The Morgan fingerprint density at radius 3 is 0.688 bits per heavy atom. The molecule has 12 nitrogen and oxygen atoms in total. The molecule has 8 N–H and O–H groups in total. The van der Waals surface area contributed by atoms with Crippen LogP contribution in [0.15, 0.2) is 20.5 Å². The highest BCUT2D eigenvalue weighted by Crippen LogP contribution is 1.72. The molecule has 0 aliphatic heterocycles. The molecule has 8 amide bonds. The molecule has 0 bridgehead atoms. The number of nitrogens with zero attached hydrogens (tertiary/aromatic N) is 4. The van der Waals surface area contributed by atoms with E-state index in [9.17, 15) is 19.2 Å². The average molecular weight is 232 g/mol. The molecule has 16 heavy (non-hydrogen) atoms. The van der Waals surface area contributed by atoms with Gasteiger partial charge in [0.2, 0.25) is 0 Å². The molecule has 0 spiro atoms. The molecule has 0 saturated heterocycles. The van der Waals surface area contributed by atoms with Gasteiger partial charge in [-0.3, -0.25) is 0 Å². The maximum absolute atomic E-state index is 9.66. The molecule has 88 valence electrons. The maximum Gasteiger partial charge on any atom is 0.357 e. The van der Waals surface area contributed by atoms with Crippen LogP contribution in [0.25, 0.3) is 0 Å². The lowest BCUT2D eigenvalue weighted by molar-refractivity contribution is 0.249. The highest BCUT2D eigenvalue weighted by atomic mass is 16.2. The van der Waals surface area contributed by atoms with E-state index in [1.807, 2.05) is 0 Å². The van der Waals surface area contributed by atoms with Crippen LogP contribution in [0.3, 0.4) is 0 Å². The van der Waals surface area contributed by atoms with Crippen LogP contribution in [0.5, 0.6) is 0 Å². The van der Waals surface area contributed by atoms with Crippen LogP contribution in [0, 0.1) is 0 Å². The van der Waals surface area contributed by atoms with Gasteiger partial charge in [0.25, 0.3) is 0 Å². The van der Waals surface area contributed by atoms with E-state index in [1.165, 1.54) is 0 Å². The van der Waals surface area contributed by atoms with E-state index in [0.29, 0.717) is 0 Å². The molecule has 0 aliphatic carbocycles. The lowest BCUT2D eigenvalue weighted by atomic mass is 11.1. The van der Waals surface area contributed by atoms with Crippen LogP contribution in [-0.2, 0) is 0 Å². The normalized spacial score (nSPS) is 9.50. The van der Waals surface area contributed by atoms with Crippen LogP contribution in [0.2, 0.25) is 0 Å². The first-order chi connectivity index (χ1) is 7.25. The molecule has 12 heteroatoms. The van der Waals surface area contributed by atoms with E-state index in [2.05, 4.69) is 43.4 Å². The van der Waals surface area contributed by atoms with Crippen molar-refractivity contribution in [2.24, 2.45) is 43.4 Å². The first kappa shape index (κ1) is 15.5. The van der Waals surface area contributed by atoms with Crippen molar-refractivity contribution in [2.75, 3.05) is 0 Å². The van der Waals surface area contributed by atoms with Crippen molar-refractivity contribution in [3.05, 3.63) is 0 Å². The summed E-state index contributed by atoms with van der Waals surface area (Å²) in [6.45, 7) is 0. The van der Waals surface area contributed by atoms with Gasteiger partial charge in [0, 0.05) is 0 Å². The molecule has 0 aliphatic rings. The number of carbonyl (C=O) groups excluding carboxylic acids is 4. The number of hydrogen-bond acceptors (Lipinski definition) is 4. The predicted octanol–water partition coefficient (Wildman–Crippen LogP) is -0.808. The minimum absolute atomic E-state index is 1.04. The summed E-state index contributed by atoms with van der Waals surface area (Å²) in [5, 5.41) is 10.5. The topological polar surface area (TPSA) is 222 Å². The minimum atomic E-state index is -1.04. The van der Waals surface area contributed by atoms with Gasteiger partial charge in [-0.2, -0.15) is 0 Å². The van der Waals surface area contributed by atoms with Gasteiger partial charge in [-0.15, -0.1) is 0 Å². The summed E-state index contributed by atoms with van der Waals surface area (Å²) in [7, 11) is 0. The summed E-state index contributed by atoms with van der Waals surface area (Å²) < 4.78 is 0. The fourth-order valence-electron chi connectivity index (χ4n) is 0.197. The zero-order valence-corrected chi connectivity index (χ0v) is 7.73. The zero-order chi connectivity index (χ0) is 13.1. The van der Waals surface area contributed by atoms with Crippen molar-refractivity contribution in [3.63, 3.8) is 0 Å². The average Bonchev–Trinajstić information content (AvgIpc) is 2.12. The number of amides is 8. The van der Waals surface area contributed by atoms with E-state index in [1.54, 1.807) is 0 Å². The van der Waals surface area contributed by atoms with Crippen molar-refractivity contribution in [3.8, 4) is 0 Å². The second-order valence-corrected chi connectivity index (χ2v) is 1.75. The molecular formula is C4H8N8O4. The molecule has 0 fully saturated rings. The molecule has 0 aromatic heterocycles. The maximum atomic E-state index is 9.66. The fourth-order valence-corrected chi connectivity index (χ4v) is 0.197. The Bertz CT molecular complexity index is 280. The molecule has 0 rings (SSSR count). The SMILES string of the molecule is NC(=O)N=NC(N)=O.NC(=O)N=NC(N)=O. The van der Waals surface area contributed by atoms with E-state index >= 15 is 0 Å². The van der Waals surface area contributed by atoms with Crippen LogP contribution < -0.4 is 22.9 Å². The van der Waals surface area contributed by atoms with Crippen molar-refractivity contribution in [2.45, 2.75) is 0 Å². The second-order valence-electron chi connectivity index (χ2n) is 1.75. The van der Waals surface area contributed by atoms with Gasteiger partial charge >= 0.3 is 24.1 Å². The molecule has 0 radical (unpaired) electrons. The van der Waals surface area contributed by atoms with E-state index in [4.69, 9.17) is 0 Å². The lowest BCUT2D eigenvalue weighted by Crippen LogP contribution is -2.07. The van der Waals surface area contributed by atoms with Crippen LogP contribution in [0.4, 0.5) is 19.2 Å². The largest absolute Gasteiger partial charge is 0.357 e. The van der Waals surface area contributed by atoms with E-state index in [0.717, 1.165) is 0 Å². The summed E-state index contributed by atoms with van der Waals surface area (Å²) in [5.74, 6) is 0. The van der Waals surface area contributed by atoms with Crippen LogP contribution in [0.1, 0.15) is 0 Å². The Morgan fingerprint density at radius 1 is 0.500 bits per heavy atom. The van der Waals surface area contributed by atoms with Gasteiger partial charge in [-0.25, -0.2) is 19.2 Å². The highest BCUT2D eigenvalue weighted by Gasteiger charge is 1.87. The predicted molar refractivity (Wildman–Crippen MR) is 48.0 cm³/mol. The van der Waals surface area contributed by atoms with E-state index < -0.39 is 24.1 Å². The van der Waals surface area contributed by atoms with Gasteiger partial charge in [0.15, 0.2) is 0 Å².